The molecule has 0 atom stereocenters. The molecular formula is C13H15N3. The van der Waals surface area contributed by atoms with Crippen LogP contribution in [0.3, 0.4) is 0 Å². The number of rotatable bonds is 2. The van der Waals surface area contributed by atoms with E-state index < -0.39 is 0 Å². The maximum Gasteiger partial charge on any atom is 0.159 e. The van der Waals surface area contributed by atoms with E-state index in [4.69, 9.17) is 5.73 Å². The van der Waals surface area contributed by atoms with Gasteiger partial charge < -0.3 is 5.73 Å². The predicted octanol–water partition coefficient (Wildman–Crippen LogP) is 2.22. The molecular weight excluding hydrogens is 198 g/mol. The lowest BCUT2D eigenvalue weighted by molar-refractivity contribution is 1.05. The summed E-state index contributed by atoms with van der Waals surface area (Å²) in [5.74, 6) is 0.779. The lowest BCUT2D eigenvalue weighted by Crippen LogP contribution is -1.97. The fraction of sp³-hybridized carbons (Fsp3) is 0.231. The molecule has 0 aliphatic carbocycles. The zero-order chi connectivity index (χ0) is 11.5. The third-order valence-corrected chi connectivity index (χ3v) is 2.43. The SMILES string of the molecule is Cc1cc(C)nc(-c2ccc(CN)cc2)n1. The maximum atomic E-state index is 5.56. The summed E-state index contributed by atoms with van der Waals surface area (Å²) in [5, 5.41) is 0. The number of aryl methyl sites for hydroxylation is 2. The first kappa shape index (κ1) is 10.8. The van der Waals surface area contributed by atoms with Gasteiger partial charge in [-0.25, -0.2) is 9.97 Å². The minimum atomic E-state index is 0.563. The fourth-order valence-electron chi connectivity index (χ4n) is 1.64. The Labute approximate surface area is 95.4 Å². The van der Waals surface area contributed by atoms with Gasteiger partial charge in [0.05, 0.1) is 0 Å². The molecule has 3 heteroatoms. The summed E-state index contributed by atoms with van der Waals surface area (Å²) in [6, 6.07) is 10.0. The fourth-order valence-corrected chi connectivity index (χ4v) is 1.64. The van der Waals surface area contributed by atoms with E-state index in [1.165, 1.54) is 0 Å². The second-order valence-corrected chi connectivity index (χ2v) is 3.88. The van der Waals surface area contributed by atoms with Crippen LogP contribution in [0.2, 0.25) is 0 Å². The average Bonchev–Trinajstić information content (AvgIpc) is 2.28. The molecule has 2 aromatic rings. The summed E-state index contributed by atoms with van der Waals surface area (Å²) in [6.45, 7) is 4.52. The van der Waals surface area contributed by atoms with E-state index in [1.807, 2.05) is 44.2 Å². The maximum absolute atomic E-state index is 5.56. The largest absolute Gasteiger partial charge is 0.326 e. The predicted molar refractivity (Wildman–Crippen MR) is 64.8 cm³/mol. The van der Waals surface area contributed by atoms with Crippen LogP contribution >= 0.6 is 0 Å². The van der Waals surface area contributed by atoms with E-state index in [-0.39, 0.29) is 0 Å². The van der Waals surface area contributed by atoms with Gasteiger partial charge in [-0.15, -0.1) is 0 Å². The van der Waals surface area contributed by atoms with Crippen LogP contribution in [0.5, 0.6) is 0 Å². The molecule has 0 aliphatic heterocycles. The van der Waals surface area contributed by atoms with Gasteiger partial charge in [0.2, 0.25) is 0 Å². The monoisotopic (exact) mass is 213 g/mol. The van der Waals surface area contributed by atoms with Crippen molar-refractivity contribution in [1.82, 2.24) is 9.97 Å². The first-order valence-electron chi connectivity index (χ1n) is 5.30. The van der Waals surface area contributed by atoms with Crippen LogP contribution in [0.1, 0.15) is 17.0 Å². The van der Waals surface area contributed by atoms with Crippen LogP contribution < -0.4 is 5.73 Å². The molecule has 0 fully saturated rings. The molecule has 0 bridgehead atoms. The third-order valence-electron chi connectivity index (χ3n) is 2.43. The summed E-state index contributed by atoms with van der Waals surface area (Å²) < 4.78 is 0. The van der Waals surface area contributed by atoms with Crippen molar-refractivity contribution in [2.45, 2.75) is 20.4 Å². The number of nitrogens with two attached hydrogens (primary N) is 1. The Bertz CT molecular complexity index is 469. The molecule has 0 aliphatic rings. The quantitative estimate of drug-likeness (QED) is 0.832. The van der Waals surface area contributed by atoms with Gasteiger partial charge in [0.15, 0.2) is 5.82 Å². The number of hydrogen-bond donors (Lipinski definition) is 1. The van der Waals surface area contributed by atoms with Crippen molar-refractivity contribution in [2.75, 3.05) is 0 Å². The van der Waals surface area contributed by atoms with Crippen LogP contribution in [0, 0.1) is 13.8 Å². The summed E-state index contributed by atoms with van der Waals surface area (Å²) in [7, 11) is 0. The van der Waals surface area contributed by atoms with Crippen molar-refractivity contribution in [3.63, 3.8) is 0 Å². The number of benzene rings is 1. The van der Waals surface area contributed by atoms with Crippen molar-refractivity contribution in [3.8, 4) is 11.4 Å². The van der Waals surface area contributed by atoms with E-state index in [2.05, 4.69) is 9.97 Å². The van der Waals surface area contributed by atoms with Gasteiger partial charge in [-0.05, 0) is 25.5 Å². The van der Waals surface area contributed by atoms with Gasteiger partial charge in [0.25, 0.3) is 0 Å². The Morgan fingerprint density at radius 1 is 1.00 bits per heavy atom. The molecule has 1 aromatic heterocycles. The van der Waals surface area contributed by atoms with Crippen molar-refractivity contribution in [1.29, 1.82) is 0 Å². The standard InChI is InChI=1S/C13H15N3/c1-9-7-10(2)16-13(15-9)12-5-3-11(8-14)4-6-12/h3-7H,8,14H2,1-2H3. The number of aromatic nitrogens is 2. The molecule has 16 heavy (non-hydrogen) atoms. The third kappa shape index (κ3) is 2.25. The van der Waals surface area contributed by atoms with Gasteiger partial charge in [0.1, 0.15) is 0 Å². The molecule has 1 aromatic carbocycles. The lowest BCUT2D eigenvalue weighted by Gasteiger charge is -2.04. The summed E-state index contributed by atoms with van der Waals surface area (Å²) >= 11 is 0. The van der Waals surface area contributed by atoms with Crippen molar-refractivity contribution >= 4 is 0 Å². The Kier molecular flexibility index (Phi) is 2.97. The average molecular weight is 213 g/mol. The molecule has 1 heterocycles. The molecule has 0 unspecified atom stereocenters. The highest BCUT2D eigenvalue weighted by atomic mass is 14.9. The van der Waals surface area contributed by atoms with Gasteiger partial charge in [-0.3, -0.25) is 0 Å². The summed E-state index contributed by atoms with van der Waals surface area (Å²) in [6.07, 6.45) is 0. The van der Waals surface area contributed by atoms with Gasteiger partial charge in [-0.1, -0.05) is 24.3 Å². The van der Waals surface area contributed by atoms with Crippen LogP contribution in [-0.2, 0) is 6.54 Å². The smallest absolute Gasteiger partial charge is 0.159 e. The number of nitrogens with zero attached hydrogens (tertiary/aromatic N) is 2. The Hall–Kier alpha value is -1.74. The molecule has 82 valence electrons. The molecule has 0 saturated carbocycles. The van der Waals surface area contributed by atoms with E-state index in [0.717, 1.165) is 28.3 Å². The first-order chi connectivity index (χ1) is 7.69. The lowest BCUT2D eigenvalue weighted by atomic mass is 10.1. The minimum Gasteiger partial charge on any atom is -0.326 e. The Morgan fingerprint density at radius 3 is 2.06 bits per heavy atom. The molecule has 0 spiro atoms. The van der Waals surface area contributed by atoms with Gasteiger partial charge >= 0.3 is 0 Å². The molecule has 0 saturated heterocycles. The topological polar surface area (TPSA) is 51.8 Å². The summed E-state index contributed by atoms with van der Waals surface area (Å²) in [5.41, 5.74) is 9.69. The zero-order valence-electron chi connectivity index (χ0n) is 9.57. The van der Waals surface area contributed by atoms with Gasteiger partial charge in [-0.2, -0.15) is 0 Å². The van der Waals surface area contributed by atoms with Crippen molar-refractivity contribution in [3.05, 3.63) is 47.3 Å². The van der Waals surface area contributed by atoms with Crippen LogP contribution in [0.25, 0.3) is 11.4 Å². The molecule has 0 amide bonds. The normalized spacial score (nSPS) is 10.4. The van der Waals surface area contributed by atoms with Crippen molar-refractivity contribution in [2.24, 2.45) is 5.73 Å². The van der Waals surface area contributed by atoms with E-state index in [9.17, 15) is 0 Å². The first-order valence-corrected chi connectivity index (χ1v) is 5.30. The van der Waals surface area contributed by atoms with Crippen LogP contribution in [-0.4, -0.2) is 9.97 Å². The zero-order valence-corrected chi connectivity index (χ0v) is 9.57. The highest BCUT2D eigenvalue weighted by Gasteiger charge is 2.02. The van der Waals surface area contributed by atoms with Crippen LogP contribution in [0.4, 0.5) is 0 Å². The minimum absolute atomic E-state index is 0.563. The highest BCUT2D eigenvalue weighted by molar-refractivity contribution is 5.55. The van der Waals surface area contributed by atoms with E-state index >= 15 is 0 Å². The van der Waals surface area contributed by atoms with E-state index in [0.29, 0.717) is 6.54 Å². The highest BCUT2D eigenvalue weighted by Crippen LogP contribution is 2.16. The van der Waals surface area contributed by atoms with E-state index in [1.54, 1.807) is 0 Å². The molecule has 0 radical (unpaired) electrons. The Balaban J connectivity index is 2.42. The summed E-state index contributed by atoms with van der Waals surface area (Å²) in [4.78, 5) is 8.83. The van der Waals surface area contributed by atoms with Crippen LogP contribution in [0.15, 0.2) is 30.3 Å². The van der Waals surface area contributed by atoms with Gasteiger partial charge in [0, 0.05) is 23.5 Å². The van der Waals surface area contributed by atoms with Crippen molar-refractivity contribution < 1.29 is 0 Å². The second kappa shape index (κ2) is 4.41. The molecule has 2 N–H and O–H groups in total. The second-order valence-electron chi connectivity index (χ2n) is 3.88. The Morgan fingerprint density at radius 2 is 1.56 bits per heavy atom. The number of hydrogen-bond acceptors (Lipinski definition) is 3. The molecule has 2 rings (SSSR count). The molecule has 3 nitrogen and oxygen atoms in total.